The van der Waals surface area contributed by atoms with Crippen molar-refractivity contribution >= 4 is 28.3 Å². The molecule has 15 heavy (non-hydrogen) atoms. The van der Waals surface area contributed by atoms with Crippen molar-refractivity contribution < 1.29 is 4.92 Å². The number of aryl methyl sites for hydroxylation is 1. The Morgan fingerprint density at radius 3 is 2.87 bits per heavy atom. The molecule has 0 saturated carbocycles. The molecule has 0 N–H and O–H groups in total. The first kappa shape index (κ1) is 9.79. The summed E-state index contributed by atoms with van der Waals surface area (Å²) in [6.07, 6.45) is 1.12. The molecular weight excluding hydrogens is 218 g/mol. The zero-order chi connectivity index (χ0) is 11.0. The van der Waals surface area contributed by atoms with Gasteiger partial charge in [-0.25, -0.2) is 9.97 Å². The Bertz CT molecular complexity index is 556. The van der Waals surface area contributed by atoms with Crippen LogP contribution in [0.3, 0.4) is 0 Å². The summed E-state index contributed by atoms with van der Waals surface area (Å²) >= 11 is 5.87. The second-order valence-electron chi connectivity index (χ2n) is 3.04. The van der Waals surface area contributed by atoms with Gasteiger partial charge in [0, 0.05) is 11.1 Å². The van der Waals surface area contributed by atoms with Crippen molar-refractivity contribution in [3.63, 3.8) is 0 Å². The van der Waals surface area contributed by atoms with E-state index in [2.05, 4.69) is 9.97 Å². The van der Waals surface area contributed by atoms with Crippen LogP contribution in [0.25, 0.3) is 11.0 Å². The first-order valence-corrected chi connectivity index (χ1v) is 4.53. The molecule has 0 aromatic carbocycles. The van der Waals surface area contributed by atoms with Crippen molar-refractivity contribution in [3.05, 3.63) is 39.2 Å². The van der Waals surface area contributed by atoms with Gasteiger partial charge in [0.25, 0.3) is 0 Å². The van der Waals surface area contributed by atoms with Gasteiger partial charge >= 0.3 is 5.69 Å². The van der Waals surface area contributed by atoms with Crippen molar-refractivity contribution in [2.45, 2.75) is 6.92 Å². The Morgan fingerprint density at radius 1 is 1.47 bits per heavy atom. The van der Waals surface area contributed by atoms with Crippen LogP contribution in [0.2, 0.25) is 5.02 Å². The van der Waals surface area contributed by atoms with Crippen molar-refractivity contribution in [2.75, 3.05) is 0 Å². The number of pyridine rings is 2. The predicted molar refractivity (Wildman–Crippen MR) is 55.9 cm³/mol. The first-order chi connectivity index (χ1) is 7.09. The van der Waals surface area contributed by atoms with Crippen molar-refractivity contribution in [1.29, 1.82) is 0 Å². The highest BCUT2D eigenvalue weighted by molar-refractivity contribution is 6.37. The van der Waals surface area contributed by atoms with E-state index in [0.29, 0.717) is 11.0 Å². The molecule has 0 aliphatic rings. The zero-order valence-corrected chi connectivity index (χ0v) is 8.52. The fourth-order valence-electron chi connectivity index (χ4n) is 1.26. The molecule has 2 heterocycles. The highest BCUT2D eigenvalue weighted by atomic mass is 35.5. The first-order valence-electron chi connectivity index (χ1n) is 4.16. The highest BCUT2D eigenvalue weighted by Gasteiger charge is 2.16. The maximum Gasteiger partial charge on any atom is 0.306 e. The van der Waals surface area contributed by atoms with Crippen LogP contribution in [-0.2, 0) is 0 Å². The molecule has 2 aromatic heterocycles. The summed E-state index contributed by atoms with van der Waals surface area (Å²) in [7, 11) is 0. The van der Waals surface area contributed by atoms with Gasteiger partial charge in [-0.05, 0) is 19.1 Å². The summed E-state index contributed by atoms with van der Waals surface area (Å²) in [4.78, 5) is 18.0. The van der Waals surface area contributed by atoms with Gasteiger partial charge in [-0.15, -0.1) is 0 Å². The molecule has 0 radical (unpaired) electrons. The number of hydrogen-bond donors (Lipinski definition) is 0. The maximum atomic E-state index is 10.6. The van der Waals surface area contributed by atoms with Gasteiger partial charge in [-0.2, -0.15) is 0 Å². The van der Waals surface area contributed by atoms with Crippen LogP contribution in [0, 0.1) is 17.0 Å². The Labute approximate surface area is 89.9 Å². The van der Waals surface area contributed by atoms with E-state index < -0.39 is 4.92 Å². The zero-order valence-electron chi connectivity index (χ0n) is 7.77. The topological polar surface area (TPSA) is 68.9 Å². The molecule has 2 rings (SSSR count). The molecule has 0 unspecified atom stereocenters. The molecule has 0 spiro atoms. The Hall–Kier alpha value is -1.75. The van der Waals surface area contributed by atoms with Gasteiger partial charge in [0.15, 0.2) is 5.65 Å². The average molecular weight is 224 g/mol. The predicted octanol–water partition coefficient (Wildman–Crippen LogP) is 2.50. The number of fused-ring (bicyclic) bond motifs is 1. The van der Waals surface area contributed by atoms with E-state index in [1.54, 1.807) is 12.1 Å². The summed E-state index contributed by atoms with van der Waals surface area (Å²) in [6, 6.07) is 3.42. The van der Waals surface area contributed by atoms with Crippen molar-refractivity contribution in [2.24, 2.45) is 0 Å². The van der Waals surface area contributed by atoms with Crippen LogP contribution in [0.5, 0.6) is 0 Å². The standard InChI is InChI=1S/C9H6ClN3O2/c1-5-2-3-6-8(10)7(13(14)15)4-11-9(6)12-5/h2-4H,1H3. The normalized spacial score (nSPS) is 10.5. The minimum absolute atomic E-state index is 0.0810. The SMILES string of the molecule is Cc1ccc2c(Cl)c([N+](=O)[O-])cnc2n1. The summed E-state index contributed by atoms with van der Waals surface area (Å²) in [5.74, 6) is 0. The largest absolute Gasteiger partial charge is 0.306 e. The van der Waals surface area contributed by atoms with E-state index in [4.69, 9.17) is 11.6 Å². The van der Waals surface area contributed by atoms with Crippen LogP contribution in [0.15, 0.2) is 18.3 Å². The monoisotopic (exact) mass is 223 g/mol. The van der Waals surface area contributed by atoms with Crippen LogP contribution in [0.1, 0.15) is 5.69 Å². The molecule has 0 bridgehead atoms. The van der Waals surface area contributed by atoms with Crippen LogP contribution >= 0.6 is 11.6 Å². The summed E-state index contributed by atoms with van der Waals surface area (Å²) in [6.45, 7) is 1.82. The average Bonchev–Trinajstić information content (AvgIpc) is 2.17. The van der Waals surface area contributed by atoms with E-state index in [1.165, 1.54) is 0 Å². The van der Waals surface area contributed by atoms with Gasteiger partial charge < -0.3 is 0 Å². The molecule has 0 saturated heterocycles. The summed E-state index contributed by atoms with van der Waals surface area (Å²) < 4.78 is 0. The molecule has 6 heteroatoms. The second-order valence-corrected chi connectivity index (χ2v) is 3.42. The number of aromatic nitrogens is 2. The molecule has 0 amide bonds. The molecule has 5 nitrogen and oxygen atoms in total. The van der Waals surface area contributed by atoms with Crippen LogP contribution in [0.4, 0.5) is 5.69 Å². The van der Waals surface area contributed by atoms with E-state index in [9.17, 15) is 10.1 Å². The molecule has 0 fully saturated rings. The van der Waals surface area contributed by atoms with E-state index in [1.807, 2.05) is 6.92 Å². The summed E-state index contributed by atoms with van der Waals surface area (Å²) in [5.41, 5.74) is 1.01. The van der Waals surface area contributed by atoms with Gasteiger partial charge in [-0.3, -0.25) is 10.1 Å². The number of nitrogens with zero attached hydrogens (tertiary/aromatic N) is 3. The minimum Gasteiger partial charge on any atom is -0.258 e. The van der Waals surface area contributed by atoms with Gasteiger partial charge in [0.2, 0.25) is 0 Å². The Morgan fingerprint density at radius 2 is 2.20 bits per heavy atom. The Kier molecular flexibility index (Phi) is 2.24. The maximum absolute atomic E-state index is 10.6. The lowest BCUT2D eigenvalue weighted by Gasteiger charge is -2.00. The lowest BCUT2D eigenvalue weighted by Crippen LogP contribution is -1.93. The van der Waals surface area contributed by atoms with Crippen molar-refractivity contribution in [3.8, 4) is 0 Å². The van der Waals surface area contributed by atoms with E-state index in [0.717, 1.165) is 11.9 Å². The smallest absolute Gasteiger partial charge is 0.258 e. The lowest BCUT2D eigenvalue weighted by atomic mass is 10.2. The number of hydrogen-bond acceptors (Lipinski definition) is 4. The minimum atomic E-state index is -0.561. The van der Waals surface area contributed by atoms with Gasteiger partial charge in [0.05, 0.1) is 4.92 Å². The second kappa shape index (κ2) is 3.43. The Balaban J connectivity index is 2.80. The van der Waals surface area contributed by atoms with Gasteiger partial charge in [0.1, 0.15) is 11.2 Å². The molecular formula is C9H6ClN3O2. The molecule has 76 valence electrons. The fourth-order valence-corrected chi connectivity index (χ4v) is 1.52. The molecule has 0 aliphatic carbocycles. The van der Waals surface area contributed by atoms with Crippen LogP contribution in [-0.4, -0.2) is 14.9 Å². The lowest BCUT2D eigenvalue weighted by molar-refractivity contribution is -0.384. The third-order valence-electron chi connectivity index (χ3n) is 1.98. The number of nitro groups is 1. The molecule has 0 aliphatic heterocycles. The third kappa shape index (κ3) is 1.61. The van der Waals surface area contributed by atoms with Crippen LogP contribution < -0.4 is 0 Å². The third-order valence-corrected chi connectivity index (χ3v) is 2.38. The number of rotatable bonds is 1. The van der Waals surface area contributed by atoms with Crippen molar-refractivity contribution in [1.82, 2.24) is 9.97 Å². The highest BCUT2D eigenvalue weighted by Crippen LogP contribution is 2.29. The van der Waals surface area contributed by atoms with Gasteiger partial charge in [-0.1, -0.05) is 11.6 Å². The quantitative estimate of drug-likeness (QED) is 0.550. The molecule has 2 aromatic rings. The van der Waals surface area contributed by atoms with E-state index in [-0.39, 0.29) is 10.7 Å². The number of halogens is 1. The molecule has 0 atom stereocenters. The summed E-state index contributed by atoms with van der Waals surface area (Å²) in [5, 5.41) is 11.2. The fraction of sp³-hybridized carbons (Fsp3) is 0.111. The van der Waals surface area contributed by atoms with E-state index >= 15 is 0 Å².